The molecule has 0 saturated heterocycles. The molecule has 1 saturated carbocycles. The van der Waals surface area contributed by atoms with Crippen LogP contribution >= 0.6 is 0 Å². The van der Waals surface area contributed by atoms with Crippen LogP contribution in [0.25, 0.3) is 0 Å². The summed E-state index contributed by atoms with van der Waals surface area (Å²) in [6, 6.07) is 8.40. The van der Waals surface area contributed by atoms with Crippen LogP contribution in [0.5, 0.6) is 0 Å². The van der Waals surface area contributed by atoms with Crippen LogP contribution in [0.3, 0.4) is 0 Å². The fourth-order valence-electron chi connectivity index (χ4n) is 2.79. The number of aliphatic hydroxyl groups is 1. The van der Waals surface area contributed by atoms with E-state index in [4.69, 9.17) is 5.11 Å². The van der Waals surface area contributed by atoms with Crippen molar-refractivity contribution in [1.82, 2.24) is 10.6 Å². The summed E-state index contributed by atoms with van der Waals surface area (Å²) in [5.74, 6) is -3.55. The maximum atomic E-state index is 12.6. The topological polar surface area (TPSA) is 128 Å². The molecule has 0 bridgehead atoms. The number of para-hydroxylation sites is 1. The largest absolute Gasteiger partial charge is 0.494 e. The van der Waals surface area contributed by atoms with Gasteiger partial charge in [0.2, 0.25) is 5.88 Å². The molecular weight excluding hydrogens is 338 g/mol. The SMILES string of the molecule is O=C(O)CNC(O)=C(C(=O)Nc1ccccc1)C(=O)NC1CCCCC1. The first-order chi connectivity index (χ1) is 12.5. The molecule has 1 aliphatic rings. The smallest absolute Gasteiger partial charge is 0.322 e. The van der Waals surface area contributed by atoms with Crippen LogP contribution in [0.4, 0.5) is 5.69 Å². The zero-order valence-corrected chi connectivity index (χ0v) is 14.3. The van der Waals surface area contributed by atoms with Gasteiger partial charge < -0.3 is 26.2 Å². The van der Waals surface area contributed by atoms with Crippen molar-refractivity contribution >= 4 is 23.5 Å². The normalized spacial score (nSPS) is 15.5. The Balaban J connectivity index is 2.16. The summed E-state index contributed by atoms with van der Waals surface area (Å²) >= 11 is 0. The average molecular weight is 361 g/mol. The van der Waals surface area contributed by atoms with Crippen molar-refractivity contribution in [3.05, 3.63) is 41.8 Å². The lowest BCUT2D eigenvalue weighted by Gasteiger charge is -2.23. The molecule has 26 heavy (non-hydrogen) atoms. The maximum absolute atomic E-state index is 12.6. The van der Waals surface area contributed by atoms with Crippen LogP contribution in [0.1, 0.15) is 32.1 Å². The van der Waals surface area contributed by atoms with Gasteiger partial charge in [-0.2, -0.15) is 0 Å². The second kappa shape index (κ2) is 9.45. The molecule has 0 heterocycles. The Morgan fingerprint density at radius 3 is 2.23 bits per heavy atom. The lowest BCUT2D eigenvalue weighted by Crippen LogP contribution is -2.41. The van der Waals surface area contributed by atoms with E-state index in [0.29, 0.717) is 5.69 Å². The maximum Gasteiger partial charge on any atom is 0.322 e. The van der Waals surface area contributed by atoms with E-state index >= 15 is 0 Å². The van der Waals surface area contributed by atoms with Crippen molar-refractivity contribution in [3.8, 4) is 0 Å². The number of benzene rings is 1. The molecule has 1 aliphatic carbocycles. The fourth-order valence-corrected chi connectivity index (χ4v) is 2.79. The van der Waals surface area contributed by atoms with Crippen molar-refractivity contribution < 1.29 is 24.6 Å². The molecule has 0 unspecified atom stereocenters. The summed E-state index contributed by atoms with van der Waals surface area (Å²) in [4.78, 5) is 35.7. The Labute approximate surface area is 151 Å². The molecule has 0 aromatic heterocycles. The van der Waals surface area contributed by atoms with Crippen molar-refractivity contribution in [2.24, 2.45) is 0 Å². The van der Waals surface area contributed by atoms with Crippen molar-refractivity contribution in [2.45, 2.75) is 38.1 Å². The number of carboxylic acids is 1. The third-order valence-electron chi connectivity index (χ3n) is 4.07. The van der Waals surface area contributed by atoms with Gasteiger partial charge >= 0.3 is 5.97 Å². The lowest BCUT2D eigenvalue weighted by molar-refractivity contribution is -0.136. The molecule has 5 N–H and O–H groups in total. The number of amides is 2. The molecule has 8 nitrogen and oxygen atoms in total. The summed E-state index contributed by atoms with van der Waals surface area (Å²) < 4.78 is 0. The van der Waals surface area contributed by atoms with Gasteiger partial charge in [-0.1, -0.05) is 37.5 Å². The van der Waals surface area contributed by atoms with Crippen molar-refractivity contribution in [1.29, 1.82) is 0 Å². The molecule has 1 fully saturated rings. The van der Waals surface area contributed by atoms with Gasteiger partial charge in [-0.3, -0.25) is 14.4 Å². The van der Waals surface area contributed by atoms with E-state index < -0.39 is 35.8 Å². The summed E-state index contributed by atoms with van der Waals surface area (Å²) in [6.45, 7) is -0.620. The van der Waals surface area contributed by atoms with Gasteiger partial charge in [-0.15, -0.1) is 0 Å². The molecular formula is C18H23N3O5. The number of carbonyl (C=O) groups excluding carboxylic acids is 2. The Morgan fingerprint density at radius 1 is 0.962 bits per heavy atom. The number of aliphatic carboxylic acids is 1. The number of anilines is 1. The number of nitrogens with one attached hydrogen (secondary N) is 3. The fraction of sp³-hybridized carbons (Fsp3) is 0.389. The highest BCUT2D eigenvalue weighted by molar-refractivity contribution is 6.23. The van der Waals surface area contributed by atoms with Crippen LogP contribution in [0.15, 0.2) is 41.8 Å². The first-order valence-electron chi connectivity index (χ1n) is 8.53. The van der Waals surface area contributed by atoms with Gasteiger partial charge in [0.25, 0.3) is 11.8 Å². The highest BCUT2D eigenvalue weighted by atomic mass is 16.4. The summed E-state index contributed by atoms with van der Waals surface area (Å²) in [5, 5.41) is 26.3. The molecule has 0 radical (unpaired) electrons. The molecule has 2 rings (SSSR count). The van der Waals surface area contributed by atoms with Gasteiger partial charge in [0, 0.05) is 11.7 Å². The first-order valence-corrected chi connectivity index (χ1v) is 8.53. The number of hydrogen-bond acceptors (Lipinski definition) is 5. The predicted molar refractivity (Wildman–Crippen MR) is 95.4 cm³/mol. The van der Waals surface area contributed by atoms with Gasteiger partial charge in [-0.05, 0) is 25.0 Å². The van der Waals surface area contributed by atoms with E-state index in [0.717, 1.165) is 32.1 Å². The minimum atomic E-state index is -1.23. The highest BCUT2D eigenvalue weighted by Crippen LogP contribution is 2.18. The molecule has 0 atom stereocenters. The third kappa shape index (κ3) is 5.80. The van der Waals surface area contributed by atoms with Gasteiger partial charge in [0.15, 0.2) is 5.57 Å². The van der Waals surface area contributed by atoms with Gasteiger partial charge in [0.1, 0.15) is 6.54 Å². The van der Waals surface area contributed by atoms with E-state index in [-0.39, 0.29) is 6.04 Å². The van der Waals surface area contributed by atoms with Crippen LogP contribution in [-0.4, -0.2) is 40.6 Å². The van der Waals surface area contributed by atoms with Crippen molar-refractivity contribution in [3.63, 3.8) is 0 Å². The first kappa shape index (κ1) is 19.3. The van der Waals surface area contributed by atoms with Crippen LogP contribution in [0.2, 0.25) is 0 Å². The van der Waals surface area contributed by atoms with Gasteiger partial charge in [0.05, 0.1) is 0 Å². The zero-order chi connectivity index (χ0) is 18.9. The summed E-state index contributed by atoms with van der Waals surface area (Å²) in [5.41, 5.74) is -0.0906. The van der Waals surface area contributed by atoms with Crippen LogP contribution in [-0.2, 0) is 14.4 Å². The number of hydrogen-bond donors (Lipinski definition) is 5. The monoisotopic (exact) mass is 361 g/mol. The Hall–Kier alpha value is -3.03. The van der Waals surface area contributed by atoms with Crippen LogP contribution in [0, 0.1) is 0 Å². The third-order valence-corrected chi connectivity index (χ3v) is 4.07. The minimum Gasteiger partial charge on any atom is -0.494 e. The highest BCUT2D eigenvalue weighted by Gasteiger charge is 2.27. The van der Waals surface area contributed by atoms with Crippen LogP contribution < -0.4 is 16.0 Å². The Kier molecular flexibility index (Phi) is 7.02. The minimum absolute atomic E-state index is 0.0666. The lowest BCUT2D eigenvalue weighted by atomic mass is 9.95. The Bertz CT molecular complexity index is 681. The van der Waals surface area contributed by atoms with E-state index in [1.165, 1.54) is 0 Å². The van der Waals surface area contributed by atoms with E-state index in [1.54, 1.807) is 30.3 Å². The standard InChI is InChI=1S/C18H23N3O5/c22-14(23)11-19-16(24)15(17(25)20-12-7-3-1-4-8-12)18(26)21-13-9-5-2-6-10-13/h1,3-4,7-8,13,19,24H,2,5-6,9-11H2,(H,20,25)(H,21,26)(H,22,23). The molecule has 140 valence electrons. The number of aliphatic hydroxyl groups excluding tert-OH is 1. The number of carboxylic acid groups (broad SMARTS) is 1. The molecule has 0 spiro atoms. The average Bonchev–Trinajstić information content (AvgIpc) is 2.61. The molecule has 0 aliphatic heterocycles. The second-order valence-corrected chi connectivity index (χ2v) is 6.10. The molecule has 8 heteroatoms. The molecule has 2 amide bonds. The molecule has 1 aromatic rings. The molecule has 1 aromatic carbocycles. The van der Waals surface area contributed by atoms with E-state index in [2.05, 4.69) is 16.0 Å². The zero-order valence-electron chi connectivity index (χ0n) is 14.3. The predicted octanol–water partition coefficient (Wildman–Crippen LogP) is 1.52. The summed E-state index contributed by atoms with van der Waals surface area (Å²) in [6.07, 6.45) is 4.70. The quantitative estimate of drug-likeness (QED) is 0.217. The second-order valence-electron chi connectivity index (χ2n) is 6.10. The van der Waals surface area contributed by atoms with Crippen molar-refractivity contribution in [2.75, 3.05) is 11.9 Å². The number of carbonyl (C=O) groups is 3. The summed E-state index contributed by atoms with van der Waals surface area (Å²) in [7, 11) is 0. The Morgan fingerprint density at radius 2 is 1.62 bits per heavy atom. The van der Waals surface area contributed by atoms with E-state index in [9.17, 15) is 19.5 Å². The van der Waals surface area contributed by atoms with E-state index in [1.807, 2.05) is 0 Å². The van der Waals surface area contributed by atoms with Gasteiger partial charge in [-0.25, -0.2) is 0 Å². The number of rotatable bonds is 7.